The van der Waals surface area contributed by atoms with Gasteiger partial charge in [-0.05, 0) is 25.0 Å². The largest absolute Gasteiger partial charge is 0.421 e. The normalized spacial score (nSPS) is 17.5. The van der Waals surface area contributed by atoms with Gasteiger partial charge in [-0.1, -0.05) is 0 Å². The van der Waals surface area contributed by atoms with E-state index >= 15 is 0 Å². The summed E-state index contributed by atoms with van der Waals surface area (Å²) in [7, 11) is 0. The molecule has 1 N–H and O–H groups in total. The average Bonchev–Trinajstić information content (AvgIpc) is 3.23. The molecule has 2 aromatic rings. The van der Waals surface area contributed by atoms with Gasteiger partial charge >= 0.3 is 0 Å². The number of nitrogens with zero attached hydrogens (tertiary/aromatic N) is 3. The Bertz CT molecular complexity index is 608. The number of carbonyl (C=O) groups is 1. The van der Waals surface area contributed by atoms with Crippen molar-refractivity contribution in [1.29, 1.82) is 0 Å². The van der Waals surface area contributed by atoms with Crippen molar-refractivity contribution in [2.75, 3.05) is 13.2 Å². The zero-order valence-electron chi connectivity index (χ0n) is 12.2. The number of hydrogen-bond donors (Lipinski definition) is 1. The molecule has 0 spiro atoms. The standard InChI is InChI=1S/C15H18N4O3/c20-13(17-10-12-2-1-9-21-12)3-4-14-18-19-15(22-14)11-5-7-16-8-6-11/h5-8,12H,1-4,9-10H2,(H,17,20). The van der Waals surface area contributed by atoms with Crippen LogP contribution in [0, 0.1) is 0 Å². The average molecular weight is 302 g/mol. The van der Waals surface area contributed by atoms with E-state index in [2.05, 4.69) is 20.5 Å². The fourth-order valence-corrected chi connectivity index (χ4v) is 2.31. The van der Waals surface area contributed by atoms with Crippen molar-refractivity contribution < 1.29 is 13.9 Å². The Morgan fingerprint density at radius 3 is 2.95 bits per heavy atom. The van der Waals surface area contributed by atoms with Gasteiger partial charge in [0, 0.05) is 44.0 Å². The zero-order chi connectivity index (χ0) is 15.2. The number of aromatic nitrogens is 3. The minimum absolute atomic E-state index is 0.0286. The Balaban J connectivity index is 1.45. The van der Waals surface area contributed by atoms with Gasteiger partial charge in [0.2, 0.25) is 17.7 Å². The fourth-order valence-electron chi connectivity index (χ4n) is 2.31. The third-order valence-electron chi connectivity index (χ3n) is 3.51. The first kappa shape index (κ1) is 14.6. The van der Waals surface area contributed by atoms with Crippen LogP contribution >= 0.6 is 0 Å². The van der Waals surface area contributed by atoms with Gasteiger partial charge in [-0.15, -0.1) is 10.2 Å². The Kier molecular flexibility index (Phi) is 4.75. The van der Waals surface area contributed by atoms with E-state index in [1.54, 1.807) is 24.5 Å². The van der Waals surface area contributed by atoms with Crippen molar-refractivity contribution in [3.63, 3.8) is 0 Å². The van der Waals surface area contributed by atoms with Gasteiger partial charge < -0.3 is 14.5 Å². The second kappa shape index (κ2) is 7.13. The van der Waals surface area contributed by atoms with Crippen LogP contribution in [0.25, 0.3) is 11.5 Å². The Labute approximate surface area is 128 Å². The molecule has 1 aliphatic rings. The van der Waals surface area contributed by atoms with Gasteiger partial charge in [0.05, 0.1) is 6.10 Å². The number of amides is 1. The summed E-state index contributed by atoms with van der Waals surface area (Å²) < 4.78 is 11.0. The third kappa shape index (κ3) is 3.88. The molecule has 7 nitrogen and oxygen atoms in total. The van der Waals surface area contributed by atoms with Gasteiger partial charge in [-0.2, -0.15) is 0 Å². The van der Waals surface area contributed by atoms with Crippen molar-refractivity contribution in [1.82, 2.24) is 20.5 Å². The summed E-state index contributed by atoms with van der Waals surface area (Å²) in [5.74, 6) is 0.871. The fraction of sp³-hybridized carbons (Fsp3) is 0.467. The number of carbonyl (C=O) groups excluding carboxylic acids is 1. The highest BCUT2D eigenvalue weighted by Gasteiger charge is 2.16. The monoisotopic (exact) mass is 302 g/mol. The van der Waals surface area contributed by atoms with Crippen LogP contribution in [0.4, 0.5) is 0 Å². The summed E-state index contributed by atoms with van der Waals surface area (Å²) in [5, 5.41) is 10.8. The van der Waals surface area contributed by atoms with Crippen molar-refractivity contribution in [2.24, 2.45) is 0 Å². The van der Waals surface area contributed by atoms with E-state index in [-0.39, 0.29) is 12.0 Å². The lowest BCUT2D eigenvalue weighted by atomic mass is 10.2. The number of rotatable bonds is 6. The summed E-state index contributed by atoms with van der Waals surface area (Å²) >= 11 is 0. The first-order valence-corrected chi connectivity index (χ1v) is 7.42. The first-order chi connectivity index (χ1) is 10.8. The van der Waals surface area contributed by atoms with Crippen LogP contribution in [0.15, 0.2) is 28.9 Å². The molecular formula is C15H18N4O3. The molecule has 1 saturated heterocycles. The lowest BCUT2D eigenvalue weighted by molar-refractivity contribution is -0.121. The summed E-state index contributed by atoms with van der Waals surface area (Å²) in [4.78, 5) is 15.7. The van der Waals surface area contributed by atoms with Crippen molar-refractivity contribution >= 4 is 5.91 Å². The van der Waals surface area contributed by atoms with Gasteiger partial charge in [0.25, 0.3) is 0 Å². The molecule has 1 fully saturated rings. The Morgan fingerprint density at radius 2 is 2.18 bits per heavy atom. The number of nitrogens with one attached hydrogen (secondary N) is 1. The maximum absolute atomic E-state index is 11.8. The SMILES string of the molecule is O=C(CCc1nnc(-c2ccncc2)o1)NCC1CCCO1. The molecule has 22 heavy (non-hydrogen) atoms. The molecule has 3 heterocycles. The second-order valence-corrected chi connectivity index (χ2v) is 5.18. The van der Waals surface area contributed by atoms with Crippen LogP contribution in [0.5, 0.6) is 0 Å². The Morgan fingerprint density at radius 1 is 1.32 bits per heavy atom. The molecule has 1 unspecified atom stereocenters. The molecule has 1 aliphatic heterocycles. The number of pyridine rings is 1. The van der Waals surface area contributed by atoms with Crippen LogP contribution in [0.1, 0.15) is 25.2 Å². The van der Waals surface area contributed by atoms with E-state index in [0.717, 1.165) is 25.0 Å². The number of aryl methyl sites for hydroxylation is 1. The summed E-state index contributed by atoms with van der Waals surface area (Å²) in [6.45, 7) is 1.37. The molecule has 2 aromatic heterocycles. The van der Waals surface area contributed by atoms with Crippen molar-refractivity contribution in [3.05, 3.63) is 30.4 Å². The quantitative estimate of drug-likeness (QED) is 0.866. The molecular weight excluding hydrogens is 284 g/mol. The summed E-state index contributed by atoms with van der Waals surface area (Å²) in [6.07, 6.45) is 6.32. The van der Waals surface area contributed by atoms with Crippen molar-refractivity contribution in [3.8, 4) is 11.5 Å². The molecule has 0 saturated carbocycles. The number of ether oxygens (including phenoxy) is 1. The number of hydrogen-bond acceptors (Lipinski definition) is 6. The highest BCUT2D eigenvalue weighted by molar-refractivity contribution is 5.76. The van der Waals surface area contributed by atoms with E-state index in [1.165, 1.54) is 0 Å². The maximum atomic E-state index is 11.8. The molecule has 0 aromatic carbocycles. The van der Waals surface area contributed by atoms with E-state index in [1.807, 2.05) is 0 Å². The van der Waals surface area contributed by atoms with E-state index in [4.69, 9.17) is 9.15 Å². The van der Waals surface area contributed by atoms with Crippen LogP contribution in [-0.2, 0) is 16.0 Å². The van der Waals surface area contributed by atoms with Crippen LogP contribution in [-0.4, -0.2) is 40.3 Å². The van der Waals surface area contributed by atoms with Crippen LogP contribution in [0.2, 0.25) is 0 Å². The zero-order valence-corrected chi connectivity index (χ0v) is 12.2. The highest BCUT2D eigenvalue weighted by Crippen LogP contribution is 2.16. The maximum Gasteiger partial charge on any atom is 0.247 e. The molecule has 7 heteroatoms. The lowest BCUT2D eigenvalue weighted by Gasteiger charge is -2.10. The molecule has 1 atom stereocenters. The van der Waals surface area contributed by atoms with Crippen molar-refractivity contribution in [2.45, 2.75) is 31.8 Å². The highest BCUT2D eigenvalue weighted by atomic mass is 16.5. The molecule has 0 bridgehead atoms. The first-order valence-electron chi connectivity index (χ1n) is 7.42. The topological polar surface area (TPSA) is 90.1 Å². The minimum atomic E-state index is -0.0286. The van der Waals surface area contributed by atoms with E-state index in [9.17, 15) is 4.79 Å². The third-order valence-corrected chi connectivity index (χ3v) is 3.51. The summed E-state index contributed by atoms with van der Waals surface area (Å²) in [6, 6.07) is 3.59. The lowest BCUT2D eigenvalue weighted by Crippen LogP contribution is -2.31. The predicted octanol–water partition coefficient (Wildman–Crippen LogP) is 1.36. The second-order valence-electron chi connectivity index (χ2n) is 5.18. The smallest absolute Gasteiger partial charge is 0.247 e. The Hall–Kier alpha value is -2.28. The molecule has 0 radical (unpaired) electrons. The molecule has 0 aliphatic carbocycles. The predicted molar refractivity (Wildman–Crippen MR) is 77.8 cm³/mol. The van der Waals surface area contributed by atoms with Gasteiger partial charge in [-0.25, -0.2) is 0 Å². The summed E-state index contributed by atoms with van der Waals surface area (Å²) in [5.41, 5.74) is 0.816. The molecule has 116 valence electrons. The van der Waals surface area contributed by atoms with Gasteiger partial charge in [-0.3, -0.25) is 9.78 Å². The minimum Gasteiger partial charge on any atom is -0.421 e. The molecule has 3 rings (SSSR count). The van der Waals surface area contributed by atoms with Crippen LogP contribution in [0.3, 0.4) is 0 Å². The van der Waals surface area contributed by atoms with Gasteiger partial charge in [0.15, 0.2) is 0 Å². The molecule has 1 amide bonds. The van der Waals surface area contributed by atoms with Gasteiger partial charge in [0.1, 0.15) is 0 Å². The van der Waals surface area contributed by atoms with E-state index in [0.29, 0.717) is 31.2 Å². The van der Waals surface area contributed by atoms with E-state index < -0.39 is 0 Å². The van der Waals surface area contributed by atoms with Crippen LogP contribution < -0.4 is 5.32 Å².